The summed E-state index contributed by atoms with van der Waals surface area (Å²) in [6.45, 7) is 3.93. The van der Waals surface area contributed by atoms with Crippen LogP contribution in [0.2, 0.25) is 5.02 Å². The molecular formula is C13H12ClFN2OS. The molecule has 0 saturated heterocycles. The topological polar surface area (TPSA) is 42.0 Å². The second kappa shape index (κ2) is 5.67. The number of aryl methyl sites for hydroxylation is 2. The third kappa shape index (κ3) is 3.11. The summed E-state index contributed by atoms with van der Waals surface area (Å²) in [7, 11) is 0. The Morgan fingerprint density at radius 2 is 2.26 bits per heavy atom. The van der Waals surface area contributed by atoms with Gasteiger partial charge in [-0.3, -0.25) is 10.1 Å². The van der Waals surface area contributed by atoms with Gasteiger partial charge in [0.1, 0.15) is 5.82 Å². The van der Waals surface area contributed by atoms with Gasteiger partial charge in [-0.2, -0.15) is 0 Å². The first-order valence-electron chi connectivity index (χ1n) is 5.74. The van der Waals surface area contributed by atoms with E-state index in [9.17, 15) is 9.18 Å². The molecule has 1 aromatic carbocycles. The van der Waals surface area contributed by atoms with Gasteiger partial charge in [0.15, 0.2) is 5.13 Å². The first-order chi connectivity index (χ1) is 9.01. The van der Waals surface area contributed by atoms with Crippen LogP contribution in [0, 0.1) is 12.7 Å². The van der Waals surface area contributed by atoms with Gasteiger partial charge in [0.25, 0.3) is 5.91 Å². The molecule has 0 saturated carbocycles. The Morgan fingerprint density at radius 1 is 1.53 bits per heavy atom. The number of nitrogens with zero attached hydrogens (tertiary/aromatic N) is 1. The molecule has 1 aromatic heterocycles. The third-order valence-electron chi connectivity index (χ3n) is 2.62. The quantitative estimate of drug-likeness (QED) is 0.928. The van der Waals surface area contributed by atoms with Crippen molar-refractivity contribution in [3.8, 4) is 0 Å². The highest BCUT2D eigenvalue weighted by atomic mass is 35.5. The monoisotopic (exact) mass is 298 g/mol. The maximum atomic E-state index is 13.5. The number of nitrogens with one attached hydrogen (secondary N) is 1. The molecular weight excluding hydrogens is 287 g/mol. The van der Waals surface area contributed by atoms with Crippen LogP contribution in [0.15, 0.2) is 18.2 Å². The Balaban J connectivity index is 2.22. The van der Waals surface area contributed by atoms with Gasteiger partial charge in [-0.25, -0.2) is 9.37 Å². The molecule has 1 heterocycles. The number of amides is 1. The van der Waals surface area contributed by atoms with Crippen molar-refractivity contribution in [3.63, 3.8) is 0 Å². The summed E-state index contributed by atoms with van der Waals surface area (Å²) in [5, 5.41) is 3.38. The maximum absolute atomic E-state index is 13.5. The predicted molar refractivity (Wildman–Crippen MR) is 75.6 cm³/mol. The maximum Gasteiger partial charge on any atom is 0.260 e. The van der Waals surface area contributed by atoms with Gasteiger partial charge in [0.2, 0.25) is 0 Å². The van der Waals surface area contributed by atoms with E-state index < -0.39 is 11.7 Å². The average Bonchev–Trinajstić information content (AvgIpc) is 2.72. The van der Waals surface area contributed by atoms with Crippen LogP contribution < -0.4 is 5.32 Å². The van der Waals surface area contributed by atoms with Crippen molar-refractivity contribution in [2.75, 3.05) is 5.32 Å². The van der Waals surface area contributed by atoms with Crippen molar-refractivity contribution in [1.82, 2.24) is 4.98 Å². The van der Waals surface area contributed by atoms with Gasteiger partial charge >= 0.3 is 0 Å². The van der Waals surface area contributed by atoms with E-state index in [0.717, 1.165) is 17.0 Å². The third-order valence-corrected chi connectivity index (χ3v) is 3.78. The zero-order chi connectivity index (χ0) is 14.0. The average molecular weight is 299 g/mol. The van der Waals surface area contributed by atoms with Crippen molar-refractivity contribution in [3.05, 3.63) is 45.2 Å². The molecule has 6 heteroatoms. The smallest absolute Gasteiger partial charge is 0.260 e. The van der Waals surface area contributed by atoms with E-state index >= 15 is 0 Å². The molecule has 19 heavy (non-hydrogen) atoms. The number of hydrogen-bond acceptors (Lipinski definition) is 3. The number of carbonyl (C=O) groups is 1. The molecule has 0 radical (unpaired) electrons. The zero-order valence-electron chi connectivity index (χ0n) is 10.5. The Kier molecular flexibility index (Phi) is 4.17. The van der Waals surface area contributed by atoms with E-state index in [1.807, 2.05) is 13.8 Å². The lowest BCUT2D eigenvalue weighted by Crippen LogP contribution is -2.13. The highest BCUT2D eigenvalue weighted by molar-refractivity contribution is 7.15. The molecule has 2 rings (SSSR count). The second-order valence-corrected chi connectivity index (χ2v) is 5.59. The molecule has 0 aliphatic carbocycles. The van der Waals surface area contributed by atoms with Crippen LogP contribution in [-0.2, 0) is 6.42 Å². The van der Waals surface area contributed by atoms with Crippen molar-refractivity contribution in [1.29, 1.82) is 0 Å². The fourth-order valence-electron chi connectivity index (χ4n) is 1.65. The van der Waals surface area contributed by atoms with Crippen LogP contribution in [0.1, 0.15) is 27.9 Å². The number of carbonyl (C=O) groups excluding carboxylic acids is 1. The van der Waals surface area contributed by atoms with Crippen LogP contribution in [0.25, 0.3) is 0 Å². The molecule has 0 atom stereocenters. The highest BCUT2D eigenvalue weighted by Gasteiger charge is 2.15. The molecule has 100 valence electrons. The standard InChI is InChI=1S/C13H12ClFN2OS/c1-3-11-7(2)19-13(16-11)17-12(18)9-6-8(14)4-5-10(9)15/h4-6H,3H2,1-2H3,(H,16,17,18). The molecule has 0 bridgehead atoms. The van der Waals surface area contributed by atoms with Gasteiger partial charge in [-0.15, -0.1) is 11.3 Å². The minimum atomic E-state index is -0.606. The minimum absolute atomic E-state index is 0.0848. The molecule has 0 spiro atoms. The Morgan fingerprint density at radius 3 is 2.89 bits per heavy atom. The van der Waals surface area contributed by atoms with Crippen molar-refractivity contribution in [2.45, 2.75) is 20.3 Å². The largest absolute Gasteiger partial charge is 0.298 e. The van der Waals surface area contributed by atoms with E-state index in [1.165, 1.54) is 29.5 Å². The van der Waals surface area contributed by atoms with Gasteiger partial charge < -0.3 is 0 Å². The van der Waals surface area contributed by atoms with Crippen molar-refractivity contribution < 1.29 is 9.18 Å². The van der Waals surface area contributed by atoms with E-state index in [1.54, 1.807) is 0 Å². The van der Waals surface area contributed by atoms with E-state index in [4.69, 9.17) is 11.6 Å². The SMILES string of the molecule is CCc1nc(NC(=O)c2cc(Cl)ccc2F)sc1C. The molecule has 0 unspecified atom stereocenters. The summed E-state index contributed by atoms with van der Waals surface area (Å²) in [6.07, 6.45) is 0.795. The fraction of sp³-hybridized carbons (Fsp3) is 0.231. The number of anilines is 1. The predicted octanol–water partition coefficient (Wildman–Crippen LogP) is 4.06. The Bertz CT molecular complexity index is 627. The highest BCUT2D eigenvalue weighted by Crippen LogP contribution is 2.23. The number of halogens is 2. The molecule has 0 aliphatic heterocycles. The zero-order valence-corrected chi connectivity index (χ0v) is 12.0. The molecule has 1 amide bonds. The summed E-state index contributed by atoms with van der Waals surface area (Å²) in [4.78, 5) is 17.3. The van der Waals surface area contributed by atoms with Crippen LogP contribution in [-0.4, -0.2) is 10.9 Å². The van der Waals surface area contributed by atoms with Gasteiger partial charge in [0.05, 0.1) is 11.3 Å². The van der Waals surface area contributed by atoms with Crippen LogP contribution in [0.5, 0.6) is 0 Å². The number of thiazole rings is 1. The van der Waals surface area contributed by atoms with Gasteiger partial charge in [0, 0.05) is 9.90 Å². The normalized spacial score (nSPS) is 10.5. The van der Waals surface area contributed by atoms with E-state index in [2.05, 4.69) is 10.3 Å². The summed E-state index contributed by atoms with van der Waals surface area (Å²) >= 11 is 7.13. The Hall–Kier alpha value is -1.46. The van der Waals surface area contributed by atoms with Gasteiger partial charge in [-0.05, 0) is 31.5 Å². The summed E-state index contributed by atoms with van der Waals surface area (Å²) in [5.74, 6) is -1.15. The van der Waals surface area contributed by atoms with Crippen molar-refractivity contribution in [2.24, 2.45) is 0 Å². The van der Waals surface area contributed by atoms with Crippen LogP contribution in [0.3, 0.4) is 0 Å². The van der Waals surface area contributed by atoms with Crippen LogP contribution in [0.4, 0.5) is 9.52 Å². The lowest BCUT2D eigenvalue weighted by Gasteiger charge is -2.03. The number of benzene rings is 1. The lowest BCUT2D eigenvalue weighted by molar-refractivity contribution is 0.102. The number of hydrogen-bond donors (Lipinski definition) is 1. The summed E-state index contributed by atoms with van der Waals surface area (Å²) in [5.41, 5.74) is 0.852. The fourth-order valence-corrected chi connectivity index (χ4v) is 2.71. The van der Waals surface area contributed by atoms with Crippen molar-refractivity contribution >= 4 is 34.0 Å². The first kappa shape index (κ1) is 14.0. The first-order valence-corrected chi connectivity index (χ1v) is 6.93. The molecule has 0 aliphatic rings. The number of rotatable bonds is 3. The van der Waals surface area contributed by atoms with E-state index in [0.29, 0.717) is 10.2 Å². The molecule has 0 fully saturated rings. The molecule has 2 aromatic rings. The minimum Gasteiger partial charge on any atom is -0.298 e. The molecule has 3 nitrogen and oxygen atoms in total. The van der Waals surface area contributed by atoms with Crippen LogP contribution >= 0.6 is 22.9 Å². The Labute approximate surface area is 119 Å². The number of aromatic nitrogens is 1. The summed E-state index contributed by atoms with van der Waals surface area (Å²) < 4.78 is 13.5. The lowest BCUT2D eigenvalue weighted by atomic mass is 10.2. The second-order valence-electron chi connectivity index (χ2n) is 3.95. The van der Waals surface area contributed by atoms with E-state index in [-0.39, 0.29) is 5.56 Å². The van der Waals surface area contributed by atoms with Gasteiger partial charge in [-0.1, -0.05) is 18.5 Å². The summed E-state index contributed by atoms with van der Waals surface area (Å²) in [6, 6.07) is 3.87. The molecule has 1 N–H and O–H groups in total.